The number of imide groups is 1. The molecule has 2 aliphatic heterocycles. The number of hydrogen-bond acceptors (Lipinski definition) is 4. The number of amides is 3. The Bertz CT molecular complexity index is 564. The Kier molecular flexibility index (Phi) is 7.68. The van der Waals surface area contributed by atoms with Crippen LogP contribution in [0.25, 0.3) is 0 Å². The number of carbonyl (C=O) groups excluding carboxylic acids is 3. The van der Waals surface area contributed by atoms with Gasteiger partial charge in [0, 0.05) is 12.1 Å². The Morgan fingerprint density at radius 1 is 1.29 bits per heavy atom. The Morgan fingerprint density at radius 3 is 2.50 bits per heavy atom. The number of nitrogens with zero attached hydrogens (tertiary/aromatic N) is 1. The second kappa shape index (κ2) is 9.25. The van der Waals surface area contributed by atoms with Crippen molar-refractivity contribution in [1.29, 1.82) is 0 Å². The number of piperidine rings is 1. The number of nitrogens with two attached hydrogens (primary N) is 1. The van der Waals surface area contributed by atoms with Gasteiger partial charge in [0.1, 0.15) is 6.04 Å². The van der Waals surface area contributed by atoms with Crippen LogP contribution in [-0.4, -0.2) is 35.2 Å². The summed E-state index contributed by atoms with van der Waals surface area (Å²) in [6.07, 6.45) is 5.29. The highest BCUT2D eigenvalue weighted by atomic mass is 16.2. The minimum Gasteiger partial charge on any atom is -0.400 e. The molecule has 3 amide bonds. The van der Waals surface area contributed by atoms with Crippen LogP contribution in [0.5, 0.6) is 0 Å². The van der Waals surface area contributed by atoms with E-state index in [2.05, 4.69) is 19.2 Å². The lowest BCUT2D eigenvalue weighted by molar-refractivity contribution is -0.142. The first-order valence-electron chi connectivity index (χ1n) is 8.80. The molecule has 1 fully saturated rings. The smallest absolute Gasteiger partial charge is 0.256 e. The molecule has 2 aliphatic rings. The van der Waals surface area contributed by atoms with Crippen LogP contribution in [0.2, 0.25) is 0 Å². The number of hydrogen-bond donors (Lipinski definition) is 2. The second-order valence-electron chi connectivity index (χ2n) is 5.75. The molecule has 2 heterocycles. The van der Waals surface area contributed by atoms with E-state index in [1.807, 2.05) is 19.9 Å². The van der Waals surface area contributed by atoms with Gasteiger partial charge in [-0.1, -0.05) is 39.7 Å². The van der Waals surface area contributed by atoms with Crippen LogP contribution in [0.15, 0.2) is 22.9 Å². The highest BCUT2D eigenvalue weighted by molar-refractivity contribution is 6.05. The van der Waals surface area contributed by atoms with Gasteiger partial charge in [0.05, 0.1) is 12.1 Å². The molecule has 6 nitrogen and oxygen atoms in total. The van der Waals surface area contributed by atoms with Gasteiger partial charge in [-0.15, -0.1) is 0 Å². The fourth-order valence-corrected chi connectivity index (χ4v) is 2.89. The van der Waals surface area contributed by atoms with Crippen LogP contribution in [0.1, 0.15) is 59.8 Å². The zero-order valence-electron chi connectivity index (χ0n) is 15.1. The Balaban J connectivity index is 0.00000139. The van der Waals surface area contributed by atoms with Gasteiger partial charge < -0.3 is 10.6 Å². The van der Waals surface area contributed by atoms with Crippen molar-refractivity contribution in [3.05, 3.63) is 22.9 Å². The maximum Gasteiger partial charge on any atom is 0.256 e. The van der Waals surface area contributed by atoms with Gasteiger partial charge in [0.15, 0.2) is 0 Å². The lowest BCUT2D eigenvalue weighted by Gasteiger charge is -2.29. The molecule has 134 valence electrons. The van der Waals surface area contributed by atoms with E-state index in [-0.39, 0.29) is 24.8 Å². The van der Waals surface area contributed by atoms with Gasteiger partial charge in [0.25, 0.3) is 5.91 Å². The van der Waals surface area contributed by atoms with Crippen molar-refractivity contribution in [2.45, 2.75) is 65.8 Å². The molecular formula is C18H29N3O3. The third kappa shape index (κ3) is 4.46. The number of allylic oxidation sites excluding steroid dienone is 1. The summed E-state index contributed by atoms with van der Waals surface area (Å²) in [7, 11) is 0. The van der Waals surface area contributed by atoms with E-state index in [1.54, 1.807) is 0 Å². The maximum atomic E-state index is 12.6. The second-order valence-corrected chi connectivity index (χ2v) is 5.75. The SMILES string of the molecule is CC.CCCC(=CC1=C(N)CN(C2CCC(=O)NC2=O)C1=O)CC. The van der Waals surface area contributed by atoms with E-state index in [9.17, 15) is 14.4 Å². The fraction of sp³-hybridized carbons (Fsp3) is 0.611. The number of rotatable bonds is 5. The average Bonchev–Trinajstić information content (AvgIpc) is 2.84. The van der Waals surface area contributed by atoms with Crippen molar-refractivity contribution in [3.8, 4) is 0 Å². The van der Waals surface area contributed by atoms with Gasteiger partial charge in [-0.25, -0.2) is 0 Å². The summed E-state index contributed by atoms with van der Waals surface area (Å²) >= 11 is 0. The predicted molar refractivity (Wildman–Crippen MR) is 93.7 cm³/mol. The first-order valence-corrected chi connectivity index (χ1v) is 8.80. The lowest BCUT2D eigenvalue weighted by atomic mass is 10.0. The maximum absolute atomic E-state index is 12.6. The van der Waals surface area contributed by atoms with E-state index in [4.69, 9.17) is 5.73 Å². The van der Waals surface area contributed by atoms with Gasteiger partial charge in [-0.3, -0.25) is 19.7 Å². The average molecular weight is 335 g/mol. The third-order valence-corrected chi connectivity index (χ3v) is 4.14. The zero-order chi connectivity index (χ0) is 18.3. The van der Waals surface area contributed by atoms with Crippen LogP contribution >= 0.6 is 0 Å². The van der Waals surface area contributed by atoms with Gasteiger partial charge in [-0.2, -0.15) is 0 Å². The van der Waals surface area contributed by atoms with Crippen LogP contribution in [0.4, 0.5) is 0 Å². The van der Waals surface area contributed by atoms with Gasteiger partial charge >= 0.3 is 0 Å². The molecule has 0 bridgehead atoms. The first kappa shape index (κ1) is 19.9. The normalized spacial score (nSPS) is 21.7. The van der Waals surface area contributed by atoms with Crippen molar-refractivity contribution in [2.75, 3.05) is 6.54 Å². The zero-order valence-corrected chi connectivity index (χ0v) is 15.1. The molecule has 3 N–H and O–H groups in total. The highest BCUT2D eigenvalue weighted by Gasteiger charge is 2.39. The van der Waals surface area contributed by atoms with E-state index >= 15 is 0 Å². The molecule has 24 heavy (non-hydrogen) atoms. The van der Waals surface area contributed by atoms with Crippen molar-refractivity contribution in [2.24, 2.45) is 5.73 Å². The Hall–Kier alpha value is -2.11. The summed E-state index contributed by atoms with van der Waals surface area (Å²) in [6.45, 7) is 8.39. The summed E-state index contributed by atoms with van der Waals surface area (Å²) in [6, 6.07) is -0.606. The van der Waals surface area contributed by atoms with Crippen LogP contribution in [0.3, 0.4) is 0 Å². The van der Waals surface area contributed by atoms with Crippen molar-refractivity contribution in [1.82, 2.24) is 10.2 Å². The summed E-state index contributed by atoms with van der Waals surface area (Å²) < 4.78 is 0. The molecule has 2 rings (SSSR count). The predicted octanol–water partition coefficient (Wildman–Crippen LogP) is 2.01. The van der Waals surface area contributed by atoms with Crippen molar-refractivity contribution >= 4 is 17.7 Å². The first-order chi connectivity index (χ1) is 11.5. The minimum atomic E-state index is -0.606. The molecule has 6 heteroatoms. The quantitative estimate of drug-likeness (QED) is 0.752. The van der Waals surface area contributed by atoms with Crippen molar-refractivity contribution in [3.63, 3.8) is 0 Å². The molecule has 0 radical (unpaired) electrons. The summed E-state index contributed by atoms with van der Waals surface area (Å²) in [5.74, 6) is -0.911. The summed E-state index contributed by atoms with van der Waals surface area (Å²) in [5, 5.41) is 2.28. The number of carbonyl (C=O) groups is 3. The molecular weight excluding hydrogens is 306 g/mol. The lowest BCUT2D eigenvalue weighted by Crippen LogP contribution is -2.53. The van der Waals surface area contributed by atoms with Crippen LogP contribution < -0.4 is 11.1 Å². The standard InChI is InChI=1S/C16H23N3O3.C2H6/c1-3-5-10(4-2)8-11-12(17)9-19(16(11)22)13-6-7-14(20)18-15(13)21;1-2/h8,13H,3-7,9,17H2,1-2H3,(H,18,20,21);1-2H3. The van der Waals surface area contributed by atoms with Crippen molar-refractivity contribution < 1.29 is 14.4 Å². The van der Waals surface area contributed by atoms with Gasteiger partial charge in [0.2, 0.25) is 11.8 Å². The fourth-order valence-electron chi connectivity index (χ4n) is 2.89. The molecule has 0 saturated carbocycles. The Labute approximate surface area is 144 Å². The van der Waals surface area contributed by atoms with E-state index < -0.39 is 11.9 Å². The molecule has 0 aromatic carbocycles. The van der Waals surface area contributed by atoms with E-state index in [1.165, 1.54) is 10.5 Å². The number of nitrogens with one attached hydrogen (secondary N) is 1. The molecule has 0 spiro atoms. The monoisotopic (exact) mass is 335 g/mol. The van der Waals surface area contributed by atoms with Crippen LogP contribution in [0, 0.1) is 0 Å². The van der Waals surface area contributed by atoms with Gasteiger partial charge in [-0.05, 0) is 25.3 Å². The Morgan fingerprint density at radius 2 is 1.96 bits per heavy atom. The van der Waals surface area contributed by atoms with E-state index in [0.717, 1.165) is 19.3 Å². The minimum absolute atomic E-state index is 0.214. The topological polar surface area (TPSA) is 92.5 Å². The van der Waals surface area contributed by atoms with Crippen LogP contribution in [-0.2, 0) is 14.4 Å². The highest BCUT2D eigenvalue weighted by Crippen LogP contribution is 2.25. The van der Waals surface area contributed by atoms with E-state index in [0.29, 0.717) is 17.7 Å². The molecule has 1 saturated heterocycles. The third-order valence-electron chi connectivity index (χ3n) is 4.14. The molecule has 0 aromatic heterocycles. The molecule has 1 unspecified atom stereocenters. The summed E-state index contributed by atoms with van der Waals surface area (Å²) in [4.78, 5) is 37.2. The largest absolute Gasteiger partial charge is 0.400 e. The molecule has 0 aliphatic carbocycles. The molecule has 0 aromatic rings. The molecule has 1 atom stereocenters. The summed E-state index contributed by atoms with van der Waals surface area (Å²) in [5.41, 5.74) is 8.18.